The van der Waals surface area contributed by atoms with Crippen molar-refractivity contribution in [3.8, 4) is 0 Å². The molecule has 1 saturated carbocycles. The lowest BCUT2D eigenvalue weighted by atomic mass is 10.1. The number of aryl methyl sites for hydroxylation is 2. The number of hydrogen-bond acceptors (Lipinski definition) is 4. The fourth-order valence-electron chi connectivity index (χ4n) is 2.98. The summed E-state index contributed by atoms with van der Waals surface area (Å²) in [7, 11) is 1.93. The average Bonchev–Trinajstić information content (AvgIpc) is 3.35. The molecule has 1 aromatic carbocycles. The minimum atomic E-state index is -0.294. The van der Waals surface area contributed by atoms with Crippen molar-refractivity contribution in [2.45, 2.75) is 31.7 Å². The van der Waals surface area contributed by atoms with Crippen LogP contribution < -0.4 is 5.32 Å². The van der Waals surface area contributed by atoms with Gasteiger partial charge in [-0.05, 0) is 37.5 Å². The maximum Gasteiger partial charge on any atom is 0.135 e. The van der Waals surface area contributed by atoms with Crippen LogP contribution in [-0.2, 0) is 7.05 Å². The van der Waals surface area contributed by atoms with E-state index in [4.69, 9.17) is 0 Å². The number of nitrogens with zero attached hydrogens (tertiary/aromatic N) is 4. The molecular formula is C19H20FN5. The molecule has 3 aromatic rings. The molecule has 0 unspecified atom stereocenters. The van der Waals surface area contributed by atoms with E-state index in [9.17, 15) is 4.39 Å². The van der Waals surface area contributed by atoms with Gasteiger partial charge in [0.15, 0.2) is 0 Å². The van der Waals surface area contributed by atoms with Crippen LogP contribution in [0.5, 0.6) is 0 Å². The quantitative estimate of drug-likeness (QED) is 0.771. The maximum absolute atomic E-state index is 13.8. The minimum absolute atomic E-state index is 0.268. The summed E-state index contributed by atoms with van der Waals surface area (Å²) in [5, 5.41) is 3.43. The molecule has 6 heteroatoms. The van der Waals surface area contributed by atoms with Crippen molar-refractivity contribution in [2.24, 2.45) is 7.05 Å². The molecule has 0 radical (unpaired) electrons. The van der Waals surface area contributed by atoms with E-state index in [1.54, 1.807) is 12.3 Å². The van der Waals surface area contributed by atoms with Crippen LogP contribution in [0.3, 0.4) is 0 Å². The lowest BCUT2D eigenvalue weighted by Crippen LogP contribution is -2.18. The van der Waals surface area contributed by atoms with Crippen molar-refractivity contribution in [3.05, 3.63) is 71.4 Å². The van der Waals surface area contributed by atoms with E-state index in [1.165, 1.54) is 12.1 Å². The van der Waals surface area contributed by atoms with E-state index in [0.29, 0.717) is 5.92 Å². The van der Waals surface area contributed by atoms with Crippen molar-refractivity contribution < 1.29 is 4.39 Å². The van der Waals surface area contributed by atoms with Crippen LogP contribution in [0.2, 0.25) is 0 Å². The van der Waals surface area contributed by atoms with Gasteiger partial charge in [0.2, 0.25) is 0 Å². The largest absolute Gasteiger partial charge is 0.356 e. The molecule has 1 N–H and O–H groups in total. The smallest absolute Gasteiger partial charge is 0.135 e. The second-order valence-corrected chi connectivity index (χ2v) is 6.56. The SMILES string of the molecule is Cc1cc(N[C@H](c2cccc(F)c2)c2nccn2C)nc(C2CC2)n1. The summed E-state index contributed by atoms with van der Waals surface area (Å²) in [5.41, 5.74) is 1.73. The molecule has 0 spiro atoms. The van der Waals surface area contributed by atoms with E-state index in [0.717, 1.165) is 41.6 Å². The van der Waals surface area contributed by atoms with Crippen molar-refractivity contribution >= 4 is 5.82 Å². The molecule has 128 valence electrons. The van der Waals surface area contributed by atoms with Gasteiger partial charge in [-0.2, -0.15) is 0 Å². The number of imidazole rings is 1. The Bertz CT molecular complexity index is 900. The Morgan fingerprint density at radius 1 is 1.24 bits per heavy atom. The summed E-state index contributed by atoms with van der Waals surface area (Å²) in [5.74, 6) is 2.64. The fraction of sp³-hybridized carbons (Fsp3) is 0.316. The summed E-state index contributed by atoms with van der Waals surface area (Å²) in [6.07, 6.45) is 5.92. The summed E-state index contributed by atoms with van der Waals surface area (Å²) in [4.78, 5) is 13.7. The van der Waals surface area contributed by atoms with Gasteiger partial charge < -0.3 is 9.88 Å². The zero-order chi connectivity index (χ0) is 17.4. The first-order chi connectivity index (χ1) is 12.1. The fourth-order valence-corrected chi connectivity index (χ4v) is 2.98. The molecule has 1 atom stereocenters. The van der Waals surface area contributed by atoms with E-state index < -0.39 is 0 Å². The second-order valence-electron chi connectivity index (χ2n) is 6.56. The zero-order valence-corrected chi connectivity index (χ0v) is 14.3. The normalized spacial score (nSPS) is 15.2. The van der Waals surface area contributed by atoms with E-state index in [1.807, 2.05) is 36.9 Å². The Kier molecular flexibility index (Phi) is 3.95. The average molecular weight is 337 g/mol. The van der Waals surface area contributed by atoms with Crippen molar-refractivity contribution in [1.82, 2.24) is 19.5 Å². The minimum Gasteiger partial charge on any atom is -0.356 e. The van der Waals surface area contributed by atoms with Crippen molar-refractivity contribution in [3.63, 3.8) is 0 Å². The van der Waals surface area contributed by atoms with Crippen LogP contribution in [0.1, 0.15) is 47.7 Å². The molecule has 5 nitrogen and oxygen atoms in total. The van der Waals surface area contributed by atoms with Gasteiger partial charge in [0.1, 0.15) is 29.3 Å². The molecule has 25 heavy (non-hydrogen) atoms. The van der Waals surface area contributed by atoms with Crippen LogP contribution in [0.4, 0.5) is 10.2 Å². The van der Waals surface area contributed by atoms with E-state index in [-0.39, 0.29) is 11.9 Å². The second kappa shape index (κ2) is 6.27. The third-order valence-corrected chi connectivity index (χ3v) is 4.40. The van der Waals surface area contributed by atoms with Crippen LogP contribution in [0, 0.1) is 12.7 Å². The van der Waals surface area contributed by atoms with Gasteiger partial charge in [-0.3, -0.25) is 0 Å². The number of anilines is 1. The number of hydrogen-bond donors (Lipinski definition) is 1. The monoisotopic (exact) mass is 337 g/mol. The predicted molar refractivity (Wildman–Crippen MR) is 93.8 cm³/mol. The molecule has 2 heterocycles. The number of halogens is 1. The molecule has 2 aromatic heterocycles. The lowest BCUT2D eigenvalue weighted by molar-refractivity contribution is 0.622. The molecule has 0 aliphatic heterocycles. The molecule has 1 fully saturated rings. The topological polar surface area (TPSA) is 55.6 Å². The van der Waals surface area contributed by atoms with Gasteiger partial charge >= 0.3 is 0 Å². The third-order valence-electron chi connectivity index (χ3n) is 4.40. The third kappa shape index (κ3) is 3.38. The highest BCUT2D eigenvalue weighted by atomic mass is 19.1. The number of aromatic nitrogens is 4. The first-order valence-corrected chi connectivity index (χ1v) is 8.45. The van der Waals surface area contributed by atoms with Gasteiger partial charge in [-0.15, -0.1) is 0 Å². The van der Waals surface area contributed by atoms with E-state index >= 15 is 0 Å². The Hall–Kier alpha value is -2.76. The highest BCUT2D eigenvalue weighted by Crippen LogP contribution is 2.38. The number of benzene rings is 1. The Labute approximate surface area is 146 Å². The zero-order valence-electron chi connectivity index (χ0n) is 14.3. The lowest BCUT2D eigenvalue weighted by Gasteiger charge is -2.20. The van der Waals surface area contributed by atoms with Crippen LogP contribution in [0.15, 0.2) is 42.7 Å². The predicted octanol–water partition coefficient (Wildman–Crippen LogP) is 3.74. The number of rotatable bonds is 5. The maximum atomic E-state index is 13.8. The molecule has 1 aliphatic carbocycles. The van der Waals surface area contributed by atoms with Gasteiger partial charge in [-0.25, -0.2) is 19.3 Å². The molecule has 1 aliphatic rings. The highest BCUT2D eigenvalue weighted by Gasteiger charge is 2.27. The van der Waals surface area contributed by atoms with Gasteiger partial charge in [-0.1, -0.05) is 12.1 Å². The molecule has 0 saturated heterocycles. The van der Waals surface area contributed by atoms with Gasteiger partial charge in [0, 0.05) is 37.1 Å². The van der Waals surface area contributed by atoms with Crippen LogP contribution in [-0.4, -0.2) is 19.5 Å². The number of nitrogens with one attached hydrogen (secondary N) is 1. The van der Waals surface area contributed by atoms with Gasteiger partial charge in [0.05, 0.1) is 0 Å². The Morgan fingerprint density at radius 2 is 2.08 bits per heavy atom. The molecule has 4 rings (SSSR count). The Balaban J connectivity index is 1.73. The Morgan fingerprint density at radius 3 is 2.76 bits per heavy atom. The summed E-state index contributed by atoms with van der Waals surface area (Å²) in [6, 6.07) is 8.20. The van der Waals surface area contributed by atoms with Crippen molar-refractivity contribution in [1.29, 1.82) is 0 Å². The van der Waals surface area contributed by atoms with E-state index in [2.05, 4.69) is 20.3 Å². The van der Waals surface area contributed by atoms with Gasteiger partial charge in [0.25, 0.3) is 0 Å². The van der Waals surface area contributed by atoms with Crippen molar-refractivity contribution in [2.75, 3.05) is 5.32 Å². The summed E-state index contributed by atoms with van der Waals surface area (Å²) >= 11 is 0. The molecule has 0 bridgehead atoms. The first-order valence-electron chi connectivity index (χ1n) is 8.45. The molecule has 0 amide bonds. The molecular weight excluding hydrogens is 317 g/mol. The summed E-state index contributed by atoms with van der Waals surface area (Å²) < 4.78 is 15.7. The summed E-state index contributed by atoms with van der Waals surface area (Å²) in [6.45, 7) is 1.97. The highest BCUT2D eigenvalue weighted by molar-refractivity contribution is 5.43. The standard InChI is InChI=1S/C19H20FN5/c1-12-10-16(24-18(22-12)13-6-7-13)23-17(19-21-8-9-25(19)2)14-4-3-5-15(20)11-14/h3-5,8-11,13,17H,6-7H2,1-2H3,(H,22,23,24)/t17-/m1/s1. The first kappa shape index (κ1) is 15.7. The van der Waals surface area contributed by atoms with Crippen LogP contribution in [0.25, 0.3) is 0 Å². The van der Waals surface area contributed by atoms with Crippen LogP contribution >= 0.6 is 0 Å².